The Morgan fingerprint density at radius 1 is 1.37 bits per heavy atom. The van der Waals surface area contributed by atoms with E-state index < -0.39 is 23.3 Å². The summed E-state index contributed by atoms with van der Waals surface area (Å²) in [6.07, 6.45) is -3.43. The SMILES string of the molecule is CC[C@H]1CN(C(=O)c2cnn(-c3ccc(OC)nn3)c2C(F)(F)F)CCO1. The smallest absolute Gasteiger partial charge is 0.434 e. The number of morpholine rings is 1. The van der Waals surface area contributed by atoms with E-state index >= 15 is 0 Å². The minimum Gasteiger partial charge on any atom is -0.480 e. The largest absolute Gasteiger partial charge is 0.480 e. The lowest BCUT2D eigenvalue weighted by Gasteiger charge is -2.32. The first-order chi connectivity index (χ1) is 12.8. The van der Waals surface area contributed by atoms with Crippen molar-refractivity contribution in [3.05, 3.63) is 29.6 Å². The second-order valence-corrected chi connectivity index (χ2v) is 5.90. The Balaban J connectivity index is 1.98. The molecule has 2 aromatic rings. The van der Waals surface area contributed by atoms with Crippen molar-refractivity contribution in [1.29, 1.82) is 0 Å². The first kappa shape index (κ1) is 19.1. The number of alkyl halides is 3. The van der Waals surface area contributed by atoms with Crippen molar-refractivity contribution >= 4 is 5.91 Å². The summed E-state index contributed by atoms with van der Waals surface area (Å²) in [5.41, 5.74) is -1.72. The van der Waals surface area contributed by atoms with Crippen molar-refractivity contribution in [2.24, 2.45) is 0 Å². The maximum atomic E-state index is 13.7. The Hall–Kier alpha value is -2.69. The molecule has 0 aromatic carbocycles. The number of nitrogens with zero attached hydrogens (tertiary/aromatic N) is 5. The standard InChI is InChI=1S/C16H18F3N5O3/c1-3-10-9-23(6-7-27-10)15(25)11-8-20-24(14(11)16(17,18)19)12-4-5-13(26-2)22-21-12/h4-5,8,10H,3,6-7,9H2,1-2H3/t10-/m0/s1. The number of aromatic nitrogens is 4. The van der Waals surface area contributed by atoms with E-state index in [2.05, 4.69) is 15.3 Å². The van der Waals surface area contributed by atoms with Gasteiger partial charge in [-0.25, -0.2) is 4.68 Å². The summed E-state index contributed by atoms with van der Waals surface area (Å²) in [5, 5.41) is 11.1. The van der Waals surface area contributed by atoms with Crippen molar-refractivity contribution in [2.45, 2.75) is 25.6 Å². The molecule has 0 bridgehead atoms. The summed E-state index contributed by atoms with van der Waals surface area (Å²) in [4.78, 5) is 14.1. The van der Waals surface area contributed by atoms with Crippen LogP contribution < -0.4 is 4.74 Å². The van der Waals surface area contributed by atoms with Gasteiger partial charge in [-0.1, -0.05) is 6.92 Å². The zero-order valence-electron chi connectivity index (χ0n) is 14.7. The summed E-state index contributed by atoms with van der Waals surface area (Å²) >= 11 is 0. The molecule has 1 fully saturated rings. The van der Waals surface area contributed by atoms with Crippen molar-refractivity contribution in [3.63, 3.8) is 0 Å². The topological polar surface area (TPSA) is 82.4 Å². The molecule has 0 radical (unpaired) electrons. The van der Waals surface area contributed by atoms with Gasteiger partial charge in [-0.3, -0.25) is 4.79 Å². The van der Waals surface area contributed by atoms with Crippen molar-refractivity contribution in [2.75, 3.05) is 26.8 Å². The molecule has 3 heterocycles. The number of halogens is 3. The van der Waals surface area contributed by atoms with Crippen LogP contribution in [0, 0.1) is 0 Å². The molecular weight excluding hydrogens is 367 g/mol. The average Bonchev–Trinajstić information content (AvgIpc) is 3.13. The fourth-order valence-electron chi connectivity index (χ4n) is 2.81. The number of rotatable bonds is 4. The lowest BCUT2D eigenvalue weighted by atomic mass is 10.1. The molecule has 11 heteroatoms. The van der Waals surface area contributed by atoms with Gasteiger partial charge in [0, 0.05) is 19.2 Å². The Morgan fingerprint density at radius 2 is 2.15 bits per heavy atom. The van der Waals surface area contributed by atoms with Gasteiger partial charge in [0.25, 0.3) is 5.91 Å². The number of methoxy groups -OCH3 is 1. The summed E-state index contributed by atoms with van der Waals surface area (Å²) in [6, 6.07) is 2.64. The lowest BCUT2D eigenvalue weighted by Crippen LogP contribution is -2.45. The van der Waals surface area contributed by atoms with Crippen molar-refractivity contribution < 1.29 is 27.4 Å². The number of amides is 1. The molecule has 0 unspecified atom stereocenters. The van der Waals surface area contributed by atoms with E-state index in [-0.39, 0.29) is 37.5 Å². The molecule has 1 amide bonds. The monoisotopic (exact) mass is 385 g/mol. The zero-order chi connectivity index (χ0) is 19.6. The van der Waals surface area contributed by atoms with Gasteiger partial charge in [-0.05, 0) is 12.5 Å². The van der Waals surface area contributed by atoms with Crippen LogP contribution in [0.25, 0.3) is 5.82 Å². The Labute approximate surface area is 152 Å². The van der Waals surface area contributed by atoms with Crippen LogP contribution in [-0.2, 0) is 10.9 Å². The molecule has 0 saturated carbocycles. The molecule has 8 nitrogen and oxygen atoms in total. The predicted octanol–water partition coefficient (Wildman–Crippen LogP) is 1.94. The van der Waals surface area contributed by atoms with E-state index in [0.29, 0.717) is 11.1 Å². The second kappa shape index (κ2) is 7.51. The highest BCUT2D eigenvalue weighted by Crippen LogP contribution is 2.34. The third-order valence-corrected chi connectivity index (χ3v) is 4.20. The summed E-state index contributed by atoms with van der Waals surface area (Å²) in [5.74, 6) is -0.762. The fourth-order valence-corrected chi connectivity index (χ4v) is 2.81. The van der Waals surface area contributed by atoms with Gasteiger partial charge in [-0.15, -0.1) is 10.2 Å². The molecular formula is C16H18F3N5O3. The van der Waals surface area contributed by atoms with Crippen LogP contribution in [0.4, 0.5) is 13.2 Å². The predicted molar refractivity (Wildman–Crippen MR) is 86.6 cm³/mol. The molecule has 0 aliphatic carbocycles. The van der Waals surface area contributed by atoms with E-state index in [0.717, 1.165) is 6.20 Å². The average molecular weight is 385 g/mol. The van der Waals surface area contributed by atoms with Crippen molar-refractivity contribution in [3.8, 4) is 11.7 Å². The maximum absolute atomic E-state index is 13.7. The highest BCUT2D eigenvalue weighted by molar-refractivity contribution is 5.95. The van der Waals surface area contributed by atoms with E-state index in [1.807, 2.05) is 6.92 Å². The number of carbonyl (C=O) groups is 1. The number of hydrogen-bond acceptors (Lipinski definition) is 6. The highest BCUT2D eigenvalue weighted by Gasteiger charge is 2.42. The highest BCUT2D eigenvalue weighted by atomic mass is 19.4. The van der Waals surface area contributed by atoms with Crippen LogP contribution in [0.5, 0.6) is 5.88 Å². The minimum atomic E-state index is -4.81. The Bertz CT molecular complexity index is 807. The number of carbonyl (C=O) groups excluding carboxylic acids is 1. The molecule has 1 aliphatic heterocycles. The summed E-state index contributed by atoms with van der Waals surface area (Å²) < 4.78 is 52.0. The molecule has 1 atom stereocenters. The lowest BCUT2D eigenvalue weighted by molar-refractivity contribution is -0.143. The van der Waals surface area contributed by atoms with E-state index in [1.165, 1.54) is 24.1 Å². The zero-order valence-corrected chi connectivity index (χ0v) is 14.7. The van der Waals surface area contributed by atoms with E-state index in [4.69, 9.17) is 9.47 Å². The molecule has 146 valence electrons. The first-order valence-electron chi connectivity index (χ1n) is 8.29. The van der Waals surface area contributed by atoms with E-state index in [1.54, 1.807) is 0 Å². The van der Waals surface area contributed by atoms with Gasteiger partial charge in [0.1, 0.15) is 0 Å². The van der Waals surface area contributed by atoms with Gasteiger partial charge >= 0.3 is 6.18 Å². The second-order valence-electron chi connectivity index (χ2n) is 5.90. The quantitative estimate of drug-likeness (QED) is 0.800. The Kier molecular flexibility index (Phi) is 5.31. The molecule has 3 rings (SSSR count). The van der Waals surface area contributed by atoms with Gasteiger partial charge in [0.05, 0.1) is 31.6 Å². The number of hydrogen-bond donors (Lipinski definition) is 0. The van der Waals surface area contributed by atoms with E-state index in [9.17, 15) is 18.0 Å². The summed E-state index contributed by atoms with van der Waals surface area (Å²) in [6.45, 7) is 2.63. The van der Waals surface area contributed by atoms with Crippen LogP contribution in [-0.4, -0.2) is 63.7 Å². The van der Waals surface area contributed by atoms with Crippen LogP contribution >= 0.6 is 0 Å². The molecule has 1 aliphatic rings. The van der Waals surface area contributed by atoms with Crippen LogP contribution in [0.15, 0.2) is 18.3 Å². The van der Waals surface area contributed by atoms with Crippen LogP contribution in [0.1, 0.15) is 29.4 Å². The molecule has 0 spiro atoms. The molecule has 1 saturated heterocycles. The Morgan fingerprint density at radius 3 is 2.74 bits per heavy atom. The third-order valence-electron chi connectivity index (χ3n) is 4.20. The van der Waals surface area contributed by atoms with Crippen LogP contribution in [0.3, 0.4) is 0 Å². The van der Waals surface area contributed by atoms with Gasteiger partial charge < -0.3 is 14.4 Å². The number of ether oxygens (including phenoxy) is 2. The van der Waals surface area contributed by atoms with Crippen LogP contribution in [0.2, 0.25) is 0 Å². The van der Waals surface area contributed by atoms with Gasteiger partial charge in [0.15, 0.2) is 11.5 Å². The van der Waals surface area contributed by atoms with Crippen molar-refractivity contribution in [1.82, 2.24) is 24.9 Å². The summed E-state index contributed by atoms with van der Waals surface area (Å²) in [7, 11) is 1.36. The minimum absolute atomic E-state index is 0.148. The van der Waals surface area contributed by atoms with Gasteiger partial charge in [0.2, 0.25) is 5.88 Å². The third kappa shape index (κ3) is 3.87. The normalized spacial score (nSPS) is 17.8. The maximum Gasteiger partial charge on any atom is 0.434 e. The van der Waals surface area contributed by atoms with Gasteiger partial charge in [-0.2, -0.15) is 18.3 Å². The molecule has 2 aromatic heterocycles. The molecule has 27 heavy (non-hydrogen) atoms. The first-order valence-corrected chi connectivity index (χ1v) is 8.29. The molecule has 0 N–H and O–H groups in total. The fraction of sp³-hybridized carbons (Fsp3) is 0.500.